The Balaban J connectivity index is 1.92. The Morgan fingerprint density at radius 2 is 1.85 bits per heavy atom. The molecule has 20 heavy (non-hydrogen) atoms. The summed E-state index contributed by atoms with van der Waals surface area (Å²) in [6.45, 7) is 3.27. The summed E-state index contributed by atoms with van der Waals surface area (Å²) in [6, 6.07) is 6.78. The number of benzene rings is 1. The first-order chi connectivity index (χ1) is 9.58. The summed E-state index contributed by atoms with van der Waals surface area (Å²) in [6.07, 6.45) is 0. The number of rotatable bonds is 4. The third-order valence-electron chi connectivity index (χ3n) is 3.32. The predicted molar refractivity (Wildman–Crippen MR) is 78.2 cm³/mol. The van der Waals surface area contributed by atoms with Crippen molar-refractivity contribution in [3.63, 3.8) is 0 Å². The zero-order valence-electron chi connectivity index (χ0n) is 11.4. The first kappa shape index (κ1) is 14.9. The van der Waals surface area contributed by atoms with Crippen LogP contribution in [-0.4, -0.2) is 65.8 Å². The number of thioether (sulfide) groups is 1. The number of carbonyl (C=O) groups excluding carboxylic acids is 1. The van der Waals surface area contributed by atoms with E-state index in [4.69, 9.17) is 5.11 Å². The molecule has 1 aromatic carbocycles. The molecule has 0 aromatic heterocycles. The van der Waals surface area contributed by atoms with Gasteiger partial charge in [0.25, 0.3) is 0 Å². The molecule has 1 N–H and O–H groups in total. The average Bonchev–Trinajstić information content (AvgIpc) is 2.45. The fourth-order valence-corrected chi connectivity index (χ4v) is 3.00. The molecule has 6 heteroatoms. The molecule has 1 heterocycles. The topological polar surface area (TPSA) is 60.9 Å². The van der Waals surface area contributed by atoms with E-state index in [1.165, 1.54) is 11.8 Å². The number of likely N-dealkylation sites (N-methyl/N-ethyl adjacent to an activating group) is 1. The standard InChI is InChI=1S/C14H18N2O3S/c1-15-6-8-16(9-7-15)13(17)10-20-12-5-3-2-4-11(12)14(18)19/h2-5H,6-10H2,1H3,(H,18,19). The molecular weight excluding hydrogens is 276 g/mol. The van der Waals surface area contributed by atoms with Crippen LogP contribution < -0.4 is 0 Å². The molecule has 0 unspecified atom stereocenters. The van der Waals surface area contributed by atoms with Crippen molar-refractivity contribution >= 4 is 23.6 Å². The maximum atomic E-state index is 12.1. The van der Waals surface area contributed by atoms with Gasteiger partial charge >= 0.3 is 5.97 Å². The largest absolute Gasteiger partial charge is 0.478 e. The highest BCUT2D eigenvalue weighted by Crippen LogP contribution is 2.23. The molecule has 0 atom stereocenters. The molecule has 1 aliphatic rings. The highest BCUT2D eigenvalue weighted by atomic mass is 32.2. The van der Waals surface area contributed by atoms with Crippen LogP contribution in [0.1, 0.15) is 10.4 Å². The van der Waals surface area contributed by atoms with Crippen LogP contribution in [0, 0.1) is 0 Å². The molecule has 0 aliphatic carbocycles. The number of nitrogens with zero attached hydrogens (tertiary/aromatic N) is 2. The van der Waals surface area contributed by atoms with Crippen molar-refractivity contribution in [2.75, 3.05) is 39.0 Å². The summed E-state index contributed by atoms with van der Waals surface area (Å²) < 4.78 is 0. The number of hydrogen-bond acceptors (Lipinski definition) is 4. The van der Waals surface area contributed by atoms with Gasteiger partial charge in [-0.3, -0.25) is 4.79 Å². The minimum absolute atomic E-state index is 0.0725. The fraction of sp³-hybridized carbons (Fsp3) is 0.429. The zero-order valence-corrected chi connectivity index (χ0v) is 12.2. The van der Waals surface area contributed by atoms with E-state index in [0.29, 0.717) is 4.90 Å². The van der Waals surface area contributed by atoms with Crippen LogP contribution in [0.25, 0.3) is 0 Å². The van der Waals surface area contributed by atoms with E-state index in [1.807, 2.05) is 11.9 Å². The van der Waals surface area contributed by atoms with Crippen molar-refractivity contribution in [2.45, 2.75) is 4.90 Å². The summed E-state index contributed by atoms with van der Waals surface area (Å²) in [4.78, 5) is 27.9. The average molecular weight is 294 g/mol. The third-order valence-corrected chi connectivity index (χ3v) is 4.38. The van der Waals surface area contributed by atoms with E-state index in [9.17, 15) is 9.59 Å². The Kier molecular flexibility index (Phi) is 5.03. The van der Waals surface area contributed by atoms with Gasteiger partial charge in [0.15, 0.2) is 0 Å². The monoisotopic (exact) mass is 294 g/mol. The number of carboxylic acids is 1. The quantitative estimate of drug-likeness (QED) is 0.847. The number of hydrogen-bond donors (Lipinski definition) is 1. The van der Waals surface area contributed by atoms with E-state index in [1.54, 1.807) is 24.3 Å². The van der Waals surface area contributed by atoms with Crippen LogP contribution in [0.5, 0.6) is 0 Å². The van der Waals surface area contributed by atoms with Gasteiger partial charge in [0, 0.05) is 31.1 Å². The normalized spacial score (nSPS) is 16.1. The second-order valence-corrected chi connectivity index (χ2v) is 5.79. The zero-order chi connectivity index (χ0) is 14.5. The van der Waals surface area contributed by atoms with Gasteiger partial charge in [-0.25, -0.2) is 4.79 Å². The highest BCUT2D eigenvalue weighted by molar-refractivity contribution is 8.00. The lowest BCUT2D eigenvalue weighted by atomic mass is 10.2. The van der Waals surface area contributed by atoms with Crippen molar-refractivity contribution in [2.24, 2.45) is 0 Å². The maximum Gasteiger partial charge on any atom is 0.336 e. The fourth-order valence-electron chi connectivity index (χ4n) is 2.06. The molecule has 1 aromatic rings. The van der Waals surface area contributed by atoms with Gasteiger partial charge in [0.2, 0.25) is 5.91 Å². The Morgan fingerprint density at radius 3 is 2.50 bits per heavy atom. The third kappa shape index (κ3) is 3.74. The summed E-state index contributed by atoms with van der Waals surface area (Å²) in [5.74, 6) is -0.600. The van der Waals surface area contributed by atoms with Gasteiger partial charge in [-0.1, -0.05) is 12.1 Å². The number of carbonyl (C=O) groups is 2. The van der Waals surface area contributed by atoms with Crippen molar-refractivity contribution in [3.8, 4) is 0 Å². The van der Waals surface area contributed by atoms with Crippen molar-refractivity contribution in [1.29, 1.82) is 0 Å². The van der Waals surface area contributed by atoms with E-state index in [0.717, 1.165) is 26.2 Å². The van der Waals surface area contributed by atoms with Gasteiger partial charge in [-0.15, -0.1) is 11.8 Å². The summed E-state index contributed by atoms with van der Waals surface area (Å²) >= 11 is 1.29. The van der Waals surface area contributed by atoms with E-state index in [2.05, 4.69) is 4.90 Å². The minimum atomic E-state index is -0.958. The molecule has 5 nitrogen and oxygen atoms in total. The second kappa shape index (κ2) is 6.76. The predicted octanol–water partition coefficient (Wildman–Crippen LogP) is 1.25. The van der Waals surface area contributed by atoms with Crippen LogP contribution in [0.2, 0.25) is 0 Å². The molecule has 108 valence electrons. The van der Waals surface area contributed by atoms with Crippen LogP contribution >= 0.6 is 11.8 Å². The molecule has 0 spiro atoms. The number of carboxylic acid groups (broad SMARTS) is 1. The minimum Gasteiger partial charge on any atom is -0.478 e. The molecule has 1 saturated heterocycles. The second-order valence-electron chi connectivity index (χ2n) is 4.77. The van der Waals surface area contributed by atoms with Gasteiger partial charge in [0.1, 0.15) is 0 Å². The van der Waals surface area contributed by atoms with Gasteiger partial charge in [0.05, 0.1) is 11.3 Å². The van der Waals surface area contributed by atoms with Crippen LogP contribution in [0.15, 0.2) is 29.2 Å². The summed E-state index contributed by atoms with van der Waals surface area (Å²) in [7, 11) is 2.04. The van der Waals surface area contributed by atoms with Crippen LogP contribution in [0.4, 0.5) is 0 Å². The molecule has 0 saturated carbocycles. The molecule has 2 rings (SSSR count). The molecule has 1 fully saturated rings. The van der Waals surface area contributed by atoms with Crippen molar-refractivity contribution in [3.05, 3.63) is 29.8 Å². The highest BCUT2D eigenvalue weighted by Gasteiger charge is 2.19. The number of aromatic carboxylic acids is 1. The molecule has 0 bridgehead atoms. The van der Waals surface area contributed by atoms with Crippen molar-refractivity contribution in [1.82, 2.24) is 9.80 Å². The summed E-state index contributed by atoms with van der Waals surface area (Å²) in [5.41, 5.74) is 0.253. The lowest BCUT2D eigenvalue weighted by molar-refractivity contribution is -0.129. The lowest BCUT2D eigenvalue weighted by Gasteiger charge is -2.32. The Bertz CT molecular complexity index is 499. The van der Waals surface area contributed by atoms with Crippen LogP contribution in [-0.2, 0) is 4.79 Å². The summed E-state index contributed by atoms with van der Waals surface area (Å²) in [5, 5.41) is 9.09. The number of piperazine rings is 1. The Hall–Kier alpha value is -1.53. The number of amides is 1. The van der Waals surface area contributed by atoms with Crippen LogP contribution in [0.3, 0.4) is 0 Å². The van der Waals surface area contributed by atoms with Gasteiger partial charge < -0.3 is 14.9 Å². The molecule has 1 aliphatic heterocycles. The van der Waals surface area contributed by atoms with Gasteiger partial charge in [-0.05, 0) is 19.2 Å². The van der Waals surface area contributed by atoms with E-state index in [-0.39, 0.29) is 17.2 Å². The molecule has 1 amide bonds. The Labute approximate surface area is 122 Å². The Morgan fingerprint density at radius 1 is 1.20 bits per heavy atom. The lowest BCUT2D eigenvalue weighted by Crippen LogP contribution is -2.47. The SMILES string of the molecule is CN1CCN(C(=O)CSc2ccccc2C(=O)O)CC1. The van der Waals surface area contributed by atoms with Crippen molar-refractivity contribution < 1.29 is 14.7 Å². The molecule has 0 radical (unpaired) electrons. The maximum absolute atomic E-state index is 12.1. The molecular formula is C14H18N2O3S. The first-order valence-corrected chi connectivity index (χ1v) is 7.48. The van der Waals surface area contributed by atoms with E-state index >= 15 is 0 Å². The smallest absolute Gasteiger partial charge is 0.336 e. The first-order valence-electron chi connectivity index (χ1n) is 6.49. The van der Waals surface area contributed by atoms with Gasteiger partial charge in [-0.2, -0.15) is 0 Å². The van der Waals surface area contributed by atoms with E-state index < -0.39 is 5.97 Å².